The highest BCUT2D eigenvalue weighted by molar-refractivity contribution is 5.75. The molecule has 0 amide bonds. The van der Waals surface area contributed by atoms with Crippen LogP contribution in [0, 0.1) is 23.7 Å². The number of aromatic nitrogens is 1. The summed E-state index contributed by atoms with van der Waals surface area (Å²) in [6.45, 7) is 5.18. The standard InChI is InChI=1S/C25H39NO3/c1-3-5-6-17-28-24-16-15-23(18-26-24)29-25(27)22-13-11-21(12-14-22)20-9-7-19(4-2)8-10-20/h15-16,18-22H,3-14,17H2,1-2H3/t19-,20-,21-,22-. The normalized spacial score (nSPS) is 27.4. The second-order valence-electron chi connectivity index (χ2n) is 9.11. The van der Waals surface area contributed by atoms with Crippen molar-refractivity contribution in [3.8, 4) is 11.6 Å². The zero-order chi connectivity index (χ0) is 20.5. The second kappa shape index (κ2) is 11.6. The van der Waals surface area contributed by atoms with Gasteiger partial charge < -0.3 is 9.47 Å². The van der Waals surface area contributed by atoms with Crippen LogP contribution in [0.25, 0.3) is 0 Å². The molecule has 0 aliphatic heterocycles. The number of unbranched alkanes of at least 4 members (excludes halogenated alkanes) is 2. The minimum atomic E-state index is -0.0865. The van der Waals surface area contributed by atoms with Gasteiger partial charge in [0.25, 0.3) is 0 Å². The number of hydrogen-bond acceptors (Lipinski definition) is 4. The van der Waals surface area contributed by atoms with E-state index in [4.69, 9.17) is 9.47 Å². The third kappa shape index (κ3) is 6.72. The predicted molar refractivity (Wildman–Crippen MR) is 116 cm³/mol. The van der Waals surface area contributed by atoms with Gasteiger partial charge >= 0.3 is 5.97 Å². The molecule has 4 nitrogen and oxygen atoms in total. The number of nitrogens with zero attached hydrogens (tertiary/aromatic N) is 1. The van der Waals surface area contributed by atoms with E-state index in [1.54, 1.807) is 18.3 Å². The first-order valence-electron chi connectivity index (χ1n) is 12.0. The van der Waals surface area contributed by atoms with E-state index >= 15 is 0 Å². The van der Waals surface area contributed by atoms with Gasteiger partial charge in [-0.3, -0.25) is 4.79 Å². The van der Waals surface area contributed by atoms with Crippen LogP contribution in [-0.4, -0.2) is 17.6 Å². The Bertz CT molecular complexity index is 599. The Morgan fingerprint density at radius 3 is 2.24 bits per heavy atom. The van der Waals surface area contributed by atoms with Crippen molar-refractivity contribution >= 4 is 5.97 Å². The molecule has 1 aromatic rings. The van der Waals surface area contributed by atoms with Crippen LogP contribution in [0.5, 0.6) is 11.6 Å². The van der Waals surface area contributed by atoms with Crippen LogP contribution in [0.15, 0.2) is 18.3 Å². The molecule has 0 radical (unpaired) electrons. The second-order valence-corrected chi connectivity index (χ2v) is 9.11. The SMILES string of the molecule is CCCCCOc1ccc(OC(=O)[C@H]2CC[C@H]([C@H]3CC[C@H](CC)CC3)CC2)cn1. The van der Waals surface area contributed by atoms with E-state index in [0.717, 1.165) is 43.4 Å². The summed E-state index contributed by atoms with van der Waals surface area (Å²) >= 11 is 0. The summed E-state index contributed by atoms with van der Waals surface area (Å²) in [4.78, 5) is 16.8. The number of carbonyl (C=O) groups is 1. The molecule has 2 saturated carbocycles. The van der Waals surface area contributed by atoms with Gasteiger partial charge in [0, 0.05) is 6.07 Å². The number of esters is 1. The molecule has 29 heavy (non-hydrogen) atoms. The van der Waals surface area contributed by atoms with E-state index in [9.17, 15) is 4.79 Å². The molecule has 1 aromatic heterocycles. The monoisotopic (exact) mass is 401 g/mol. The molecular formula is C25H39NO3. The van der Waals surface area contributed by atoms with Gasteiger partial charge in [0.2, 0.25) is 5.88 Å². The molecule has 4 heteroatoms. The van der Waals surface area contributed by atoms with Gasteiger partial charge in [0.05, 0.1) is 18.7 Å². The lowest BCUT2D eigenvalue weighted by Gasteiger charge is -2.37. The van der Waals surface area contributed by atoms with Crippen LogP contribution < -0.4 is 9.47 Å². The summed E-state index contributed by atoms with van der Waals surface area (Å²) in [5.74, 6) is 3.75. The fourth-order valence-electron chi connectivity index (χ4n) is 5.13. The molecule has 162 valence electrons. The lowest BCUT2D eigenvalue weighted by Crippen LogP contribution is -2.30. The Kier molecular flexibility index (Phi) is 8.82. The minimum absolute atomic E-state index is 0.0446. The average molecular weight is 402 g/mol. The van der Waals surface area contributed by atoms with E-state index in [1.807, 2.05) is 0 Å². The minimum Gasteiger partial charge on any atom is -0.478 e. The molecular weight excluding hydrogens is 362 g/mol. The molecule has 2 aliphatic rings. The first kappa shape index (κ1) is 22.1. The molecule has 0 bridgehead atoms. The average Bonchev–Trinajstić information content (AvgIpc) is 2.78. The molecule has 1 heterocycles. The molecule has 3 rings (SSSR count). The maximum absolute atomic E-state index is 12.6. The van der Waals surface area contributed by atoms with Gasteiger partial charge in [-0.15, -0.1) is 0 Å². The maximum Gasteiger partial charge on any atom is 0.314 e. The van der Waals surface area contributed by atoms with Gasteiger partial charge in [-0.05, 0) is 68.8 Å². The first-order valence-corrected chi connectivity index (χ1v) is 12.0. The largest absolute Gasteiger partial charge is 0.478 e. The van der Waals surface area contributed by atoms with Gasteiger partial charge in [0.15, 0.2) is 0 Å². The van der Waals surface area contributed by atoms with Crippen molar-refractivity contribution in [2.45, 2.75) is 90.9 Å². The van der Waals surface area contributed by atoms with Crippen molar-refractivity contribution < 1.29 is 14.3 Å². The van der Waals surface area contributed by atoms with Crippen LogP contribution in [0.4, 0.5) is 0 Å². The van der Waals surface area contributed by atoms with Crippen molar-refractivity contribution in [2.75, 3.05) is 6.61 Å². The van der Waals surface area contributed by atoms with Crippen molar-refractivity contribution in [3.63, 3.8) is 0 Å². The Hall–Kier alpha value is -1.58. The summed E-state index contributed by atoms with van der Waals surface area (Å²) < 4.78 is 11.2. The Balaban J connectivity index is 1.38. The number of pyridine rings is 1. The fraction of sp³-hybridized carbons (Fsp3) is 0.760. The third-order valence-electron chi connectivity index (χ3n) is 7.17. The maximum atomic E-state index is 12.6. The van der Waals surface area contributed by atoms with E-state index < -0.39 is 0 Å². The van der Waals surface area contributed by atoms with E-state index in [2.05, 4.69) is 18.8 Å². The molecule has 0 aromatic carbocycles. The highest BCUT2D eigenvalue weighted by Gasteiger charge is 2.33. The summed E-state index contributed by atoms with van der Waals surface area (Å²) in [7, 11) is 0. The fourth-order valence-corrected chi connectivity index (χ4v) is 5.13. The Labute approximate surface area is 176 Å². The number of ether oxygens (including phenoxy) is 2. The molecule has 2 fully saturated rings. The van der Waals surface area contributed by atoms with Gasteiger partial charge in [-0.1, -0.05) is 46.0 Å². The van der Waals surface area contributed by atoms with Crippen molar-refractivity contribution in [2.24, 2.45) is 23.7 Å². The molecule has 0 atom stereocenters. The summed E-state index contributed by atoms with van der Waals surface area (Å²) in [5.41, 5.74) is 0. The number of hydrogen-bond donors (Lipinski definition) is 0. The van der Waals surface area contributed by atoms with E-state index in [0.29, 0.717) is 18.2 Å². The molecule has 0 spiro atoms. The van der Waals surface area contributed by atoms with E-state index in [1.165, 1.54) is 51.4 Å². The van der Waals surface area contributed by atoms with Gasteiger partial charge in [-0.2, -0.15) is 0 Å². The van der Waals surface area contributed by atoms with Crippen LogP contribution in [0.3, 0.4) is 0 Å². The lowest BCUT2D eigenvalue weighted by molar-refractivity contribution is -0.140. The first-order chi connectivity index (χ1) is 14.2. The summed E-state index contributed by atoms with van der Waals surface area (Å²) in [6, 6.07) is 3.58. The predicted octanol–water partition coefficient (Wildman–Crippen LogP) is 6.58. The number of rotatable bonds is 9. The Morgan fingerprint density at radius 1 is 0.966 bits per heavy atom. The van der Waals surface area contributed by atoms with Crippen molar-refractivity contribution in [1.29, 1.82) is 0 Å². The smallest absolute Gasteiger partial charge is 0.314 e. The zero-order valence-corrected chi connectivity index (χ0v) is 18.4. The summed E-state index contributed by atoms with van der Waals surface area (Å²) in [5, 5.41) is 0. The highest BCUT2D eigenvalue weighted by Crippen LogP contribution is 2.42. The third-order valence-corrected chi connectivity index (χ3v) is 7.17. The van der Waals surface area contributed by atoms with Crippen molar-refractivity contribution in [3.05, 3.63) is 18.3 Å². The van der Waals surface area contributed by atoms with Crippen LogP contribution in [-0.2, 0) is 4.79 Å². The van der Waals surface area contributed by atoms with Crippen LogP contribution in [0.2, 0.25) is 0 Å². The topological polar surface area (TPSA) is 48.4 Å². The van der Waals surface area contributed by atoms with E-state index in [-0.39, 0.29) is 11.9 Å². The zero-order valence-electron chi connectivity index (χ0n) is 18.4. The molecule has 0 unspecified atom stereocenters. The summed E-state index contributed by atoms with van der Waals surface area (Å²) in [6.07, 6.45) is 16.3. The molecule has 0 saturated heterocycles. The van der Waals surface area contributed by atoms with Gasteiger partial charge in [-0.25, -0.2) is 4.98 Å². The van der Waals surface area contributed by atoms with Gasteiger partial charge in [0.1, 0.15) is 5.75 Å². The van der Waals surface area contributed by atoms with Crippen LogP contribution in [0.1, 0.15) is 90.9 Å². The number of carbonyl (C=O) groups excluding carboxylic acids is 1. The highest BCUT2D eigenvalue weighted by atomic mass is 16.5. The quantitative estimate of drug-likeness (QED) is 0.346. The molecule has 0 N–H and O–H groups in total. The molecule has 2 aliphatic carbocycles. The Morgan fingerprint density at radius 2 is 1.66 bits per heavy atom. The van der Waals surface area contributed by atoms with Crippen molar-refractivity contribution in [1.82, 2.24) is 4.98 Å². The van der Waals surface area contributed by atoms with Crippen LogP contribution >= 0.6 is 0 Å². The lowest BCUT2D eigenvalue weighted by atomic mass is 9.69.